The number of halogens is 2. The number of allylic oxidation sites excluding steroid dienone is 3. The molecule has 0 bridgehead atoms. The van der Waals surface area contributed by atoms with Crippen LogP contribution in [-0.2, 0) is 11.3 Å². The first kappa shape index (κ1) is 19.8. The van der Waals surface area contributed by atoms with Gasteiger partial charge < -0.3 is 15.2 Å². The Balaban J connectivity index is 1.91. The summed E-state index contributed by atoms with van der Waals surface area (Å²) in [5, 5.41) is 11.6. The number of hydrogen-bond donors (Lipinski definition) is 2. The quantitative estimate of drug-likeness (QED) is 0.762. The van der Waals surface area contributed by atoms with Gasteiger partial charge in [-0.2, -0.15) is 0 Å². The highest BCUT2D eigenvalue weighted by Crippen LogP contribution is 2.20. The van der Waals surface area contributed by atoms with Gasteiger partial charge in [-0.15, -0.1) is 0 Å². The fraction of sp³-hybridized carbons (Fsp3) is 0.300. The number of aromatic nitrogens is 2. The number of aliphatic hydroxyl groups is 1. The highest BCUT2D eigenvalue weighted by Gasteiger charge is 2.14. The number of nitrogens with one attached hydrogen (secondary N) is 1. The lowest BCUT2D eigenvalue weighted by molar-refractivity contribution is 0.194. The van der Waals surface area contributed by atoms with Gasteiger partial charge in [-0.3, -0.25) is 9.36 Å². The summed E-state index contributed by atoms with van der Waals surface area (Å²) < 4.78 is 34.7. The molecule has 1 aromatic heterocycles. The van der Waals surface area contributed by atoms with E-state index < -0.39 is 12.0 Å². The third-order valence-electron chi connectivity index (χ3n) is 4.11. The molecule has 1 unspecified atom stereocenters. The van der Waals surface area contributed by atoms with Gasteiger partial charge in [0.25, 0.3) is 5.56 Å². The molecule has 0 radical (unpaired) electrons. The molecule has 1 atom stereocenters. The zero-order valence-corrected chi connectivity index (χ0v) is 15.4. The van der Waals surface area contributed by atoms with Gasteiger partial charge in [0.1, 0.15) is 24.4 Å². The first-order chi connectivity index (χ1) is 13.5. The van der Waals surface area contributed by atoms with Crippen LogP contribution >= 0.6 is 0 Å². The zero-order chi connectivity index (χ0) is 20.1. The number of rotatable bonds is 7. The summed E-state index contributed by atoms with van der Waals surface area (Å²) in [7, 11) is 0. The van der Waals surface area contributed by atoms with E-state index in [9.17, 15) is 13.6 Å². The minimum absolute atomic E-state index is 0.0774. The van der Waals surface area contributed by atoms with Crippen LogP contribution in [0.3, 0.4) is 0 Å². The van der Waals surface area contributed by atoms with Crippen LogP contribution in [0.25, 0.3) is 5.69 Å². The molecule has 28 heavy (non-hydrogen) atoms. The smallest absolute Gasteiger partial charge is 0.258 e. The molecule has 2 aromatic rings. The number of aliphatic hydroxyl groups excluding tert-OH is 1. The summed E-state index contributed by atoms with van der Waals surface area (Å²) in [6.45, 7) is 1.68. The molecule has 6 nitrogen and oxygen atoms in total. The van der Waals surface area contributed by atoms with E-state index in [1.165, 1.54) is 28.8 Å². The predicted octanol–water partition coefficient (Wildman–Crippen LogP) is 2.78. The normalized spacial score (nSPS) is 16.0. The van der Waals surface area contributed by atoms with E-state index in [2.05, 4.69) is 10.3 Å². The summed E-state index contributed by atoms with van der Waals surface area (Å²) in [5.74, 6) is 0.0648. The largest absolute Gasteiger partial charge is 0.486 e. The van der Waals surface area contributed by atoms with Crippen molar-refractivity contribution in [1.29, 1.82) is 0 Å². The Kier molecular flexibility index (Phi) is 6.20. The van der Waals surface area contributed by atoms with Gasteiger partial charge in [-0.05, 0) is 31.2 Å². The molecule has 0 saturated heterocycles. The van der Waals surface area contributed by atoms with Crippen molar-refractivity contribution in [1.82, 2.24) is 9.55 Å². The molecule has 2 N–H and O–H groups in total. The summed E-state index contributed by atoms with van der Waals surface area (Å²) in [4.78, 5) is 16.9. The second-order valence-corrected chi connectivity index (χ2v) is 6.31. The maximum atomic E-state index is 14.4. The standard InChI is InChI=1S/C20H21F2N3O3/c1-13-9-20(27)25(15-5-6-18(17(22)11-15)23-7-8-26)19(24-13)12-28-16-4-2-3-14(21)10-16/h2,4-6,9-11,14,23,26H,3,7-8,12H2,1H3. The SMILES string of the molecule is Cc1cc(=O)n(-c2ccc(NCCO)c(F)c2)c(COC2=CC(F)CC=C2)n1. The number of ether oxygens (including phenoxy) is 1. The number of anilines is 1. The third kappa shape index (κ3) is 4.64. The topological polar surface area (TPSA) is 76.4 Å². The summed E-state index contributed by atoms with van der Waals surface area (Å²) in [6.07, 6.45) is 3.89. The lowest BCUT2D eigenvalue weighted by atomic mass is 10.1. The van der Waals surface area contributed by atoms with Gasteiger partial charge in [0.2, 0.25) is 0 Å². The van der Waals surface area contributed by atoms with Crippen molar-refractivity contribution in [2.45, 2.75) is 26.1 Å². The van der Waals surface area contributed by atoms with Gasteiger partial charge in [0.15, 0.2) is 5.82 Å². The van der Waals surface area contributed by atoms with E-state index in [-0.39, 0.29) is 36.8 Å². The lowest BCUT2D eigenvalue weighted by Gasteiger charge is -2.16. The highest BCUT2D eigenvalue weighted by atomic mass is 19.1. The third-order valence-corrected chi connectivity index (χ3v) is 4.11. The minimum atomic E-state index is -1.11. The Labute approximate surface area is 160 Å². The van der Waals surface area contributed by atoms with Gasteiger partial charge >= 0.3 is 0 Å². The van der Waals surface area contributed by atoms with Crippen molar-refractivity contribution in [2.75, 3.05) is 18.5 Å². The molecule has 3 rings (SSSR count). The molecule has 8 heteroatoms. The highest BCUT2D eigenvalue weighted by molar-refractivity contribution is 5.50. The second-order valence-electron chi connectivity index (χ2n) is 6.31. The van der Waals surface area contributed by atoms with E-state index in [1.54, 1.807) is 25.1 Å². The van der Waals surface area contributed by atoms with E-state index in [4.69, 9.17) is 9.84 Å². The maximum Gasteiger partial charge on any atom is 0.258 e. The number of alkyl halides is 1. The van der Waals surface area contributed by atoms with E-state index >= 15 is 0 Å². The fourth-order valence-corrected chi connectivity index (χ4v) is 2.87. The van der Waals surface area contributed by atoms with Gasteiger partial charge in [0, 0.05) is 30.8 Å². The van der Waals surface area contributed by atoms with E-state index in [0.29, 0.717) is 23.6 Å². The number of hydrogen-bond acceptors (Lipinski definition) is 5. The Morgan fingerprint density at radius 2 is 2.21 bits per heavy atom. The van der Waals surface area contributed by atoms with Crippen LogP contribution in [0.1, 0.15) is 17.9 Å². The number of aryl methyl sites for hydroxylation is 1. The number of benzene rings is 1. The molecule has 0 fully saturated rings. The summed E-state index contributed by atoms with van der Waals surface area (Å²) >= 11 is 0. The molecular weight excluding hydrogens is 368 g/mol. The monoisotopic (exact) mass is 389 g/mol. The minimum Gasteiger partial charge on any atom is -0.486 e. The van der Waals surface area contributed by atoms with Crippen LogP contribution in [0.15, 0.2) is 53.0 Å². The van der Waals surface area contributed by atoms with Crippen LogP contribution in [-0.4, -0.2) is 34.0 Å². The van der Waals surface area contributed by atoms with Crippen LogP contribution in [0.5, 0.6) is 0 Å². The van der Waals surface area contributed by atoms with Crippen molar-refractivity contribution in [3.63, 3.8) is 0 Å². The van der Waals surface area contributed by atoms with Gasteiger partial charge in [0.05, 0.1) is 18.0 Å². The van der Waals surface area contributed by atoms with Crippen LogP contribution < -0.4 is 10.9 Å². The molecular formula is C20H21F2N3O3. The number of nitrogens with zero attached hydrogens (tertiary/aromatic N) is 2. The van der Waals surface area contributed by atoms with Crippen molar-refractivity contribution in [3.8, 4) is 5.69 Å². The van der Waals surface area contributed by atoms with E-state index in [0.717, 1.165) is 0 Å². The van der Waals surface area contributed by atoms with Crippen molar-refractivity contribution < 1.29 is 18.6 Å². The molecule has 0 spiro atoms. The lowest BCUT2D eigenvalue weighted by Crippen LogP contribution is -2.24. The molecule has 148 valence electrons. The maximum absolute atomic E-state index is 14.4. The van der Waals surface area contributed by atoms with Crippen LogP contribution in [0.4, 0.5) is 14.5 Å². The summed E-state index contributed by atoms with van der Waals surface area (Å²) in [6, 6.07) is 5.61. The van der Waals surface area contributed by atoms with Crippen molar-refractivity contribution >= 4 is 5.69 Å². The Bertz CT molecular complexity index is 970. The Morgan fingerprint density at radius 3 is 2.93 bits per heavy atom. The first-order valence-corrected chi connectivity index (χ1v) is 8.87. The summed E-state index contributed by atoms with van der Waals surface area (Å²) in [5.41, 5.74) is 0.631. The molecule has 1 aliphatic rings. The molecule has 0 amide bonds. The first-order valence-electron chi connectivity index (χ1n) is 8.87. The predicted molar refractivity (Wildman–Crippen MR) is 102 cm³/mol. The van der Waals surface area contributed by atoms with Gasteiger partial charge in [-0.1, -0.05) is 6.08 Å². The van der Waals surface area contributed by atoms with Gasteiger partial charge in [-0.25, -0.2) is 13.8 Å². The van der Waals surface area contributed by atoms with Crippen molar-refractivity contribution in [3.05, 3.63) is 75.9 Å². The second kappa shape index (κ2) is 8.79. The van der Waals surface area contributed by atoms with Crippen molar-refractivity contribution in [2.24, 2.45) is 0 Å². The van der Waals surface area contributed by atoms with E-state index in [1.807, 2.05) is 0 Å². The Morgan fingerprint density at radius 1 is 1.39 bits per heavy atom. The molecule has 1 heterocycles. The zero-order valence-electron chi connectivity index (χ0n) is 15.4. The van der Waals surface area contributed by atoms with Crippen LogP contribution in [0.2, 0.25) is 0 Å². The average molecular weight is 389 g/mol. The molecule has 0 aliphatic heterocycles. The molecule has 1 aromatic carbocycles. The molecule has 0 saturated carbocycles. The Hall–Kier alpha value is -3.00. The molecule has 1 aliphatic carbocycles. The fourth-order valence-electron chi connectivity index (χ4n) is 2.87. The average Bonchev–Trinajstić information content (AvgIpc) is 2.65. The van der Waals surface area contributed by atoms with Crippen LogP contribution in [0, 0.1) is 12.7 Å².